The number of carbonyl (C=O) groups excluding carboxylic acids is 2. The van der Waals surface area contributed by atoms with Crippen LogP contribution in [0.25, 0.3) is 11.2 Å². The summed E-state index contributed by atoms with van der Waals surface area (Å²) in [5, 5.41) is 0. The second-order valence-electron chi connectivity index (χ2n) is 13.6. The van der Waals surface area contributed by atoms with Gasteiger partial charge in [0, 0.05) is 17.0 Å². The van der Waals surface area contributed by atoms with E-state index in [2.05, 4.69) is 6.92 Å². The minimum Gasteiger partial charge on any atom is -0.459 e. The Hall–Kier alpha value is -2.08. The van der Waals surface area contributed by atoms with Gasteiger partial charge in [-0.3, -0.25) is 4.79 Å². The molecule has 0 aromatic carbocycles. The summed E-state index contributed by atoms with van der Waals surface area (Å²) in [5.41, 5.74) is 3.88. The summed E-state index contributed by atoms with van der Waals surface area (Å²) < 4.78 is 23.9. The van der Waals surface area contributed by atoms with Crippen molar-refractivity contribution in [1.82, 2.24) is 0 Å². The maximum atomic E-state index is 13.4. The molecule has 6 unspecified atom stereocenters. The SMILES string of the molecule is Cc1c2c3oc1c(C[C@@H]1C4CC5(CCC6C7CC8CC6CC(C)(C8)C7)C(=O)OC1C5O4)c3C(=O)O2. The number of hydrogen-bond donors (Lipinski definition) is 0. The summed E-state index contributed by atoms with van der Waals surface area (Å²) in [6.45, 7) is 4.46. The van der Waals surface area contributed by atoms with Crippen molar-refractivity contribution in [3.05, 3.63) is 16.7 Å². The first-order valence-electron chi connectivity index (χ1n) is 13.8. The molecule has 4 aliphatic heterocycles. The molecule has 0 radical (unpaired) electrons. The van der Waals surface area contributed by atoms with Crippen LogP contribution in [-0.4, -0.2) is 30.3 Å². The zero-order valence-electron chi connectivity index (χ0n) is 20.4. The number of aryl methyl sites for hydroxylation is 1. The van der Waals surface area contributed by atoms with Crippen LogP contribution in [0.5, 0.6) is 5.75 Å². The predicted molar refractivity (Wildman–Crippen MR) is 124 cm³/mol. The molecular weight excluding hydrogens is 444 g/mol. The van der Waals surface area contributed by atoms with Crippen LogP contribution in [0.4, 0.5) is 0 Å². The molecule has 6 heterocycles. The molecule has 7 atom stereocenters. The van der Waals surface area contributed by atoms with Gasteiger partial charge in [-0.1, -0.05) is 6.92 Å². The Morgan fingerprint density at radius 1 is 1.00 bits per heavy atom. The predicted octanol–water partition coefficient (Wildman–Crippen LogP) is 5.20. The smallest absolute Gasteiger partial charge is 0.348 e. The maximum Gasteiger partial charge on any atom is 0.348 e. The van der Waals surface area contributed by atoms with Crippen molar-refractivity contribution in [2.24, 2.45) is 40.4 Å². The molecule has 4 saturated carbocycles. The monoisotopic (exact) mass is 476 g/mol. The van der Waals surface area contributed by atoms with Crippen molar-refractivity contribution in [1.29, 1.82) is 0 Å². The zero-order valence-corrected chi connectivity index (χ0v) is 20.4. The summed E-state index contributed by atoms with van der Waals surface area (Å²) >= 11 is 0. The van der Waals surface area contributed by atoms with E-state index in [0.29, 0.717) is 28.7 Å². The van der Waals surface area contributed by atoms with Gasteiger partial charge in [-0.25, -0.2) is 4.79 Å². The number of rotatable bonds is 5. The molecule has 6 heteroatoms. The van der Waals surface area contributed by atoms with E-state index in [9.17, 15) is 9.59 Å². The van der Waals surface area contributed by atoms with E-state index < -0.39 is 5.41 Å². The zero-order chi connectivity index (χ0) is 23.4. The quantitative estimate of drug-likeness (QED) is 0.553. The largest absolute Gasteiger partial charge is 0.459 e. The van der Waals surface area contributed by atoms with Gasteiger partial charge in [0.05, 0.1) is 6.10 Å². The van der Waals surface area contributed by atoms with Crippen LogP contribution in [0, 0.1) is 47.3 Å². The third-order valence-corrected chi connectivity index (χ3v) is 11.7. The molecule has 4 aliphatic carbocycles. The summed E-state index contributed by atoms with van der Waals surface area (Å²) in [7, 11) is 0. The van der Waals surface area contributed by atoms with Crippen LogP contribution >= 0.6 is 0 Å². The number of benzene rings is 1. The van der Waals surface area contributed by atoms with Crippen molar-refractivity contribution in [2.75, 3.05) is 0 Å². The van der Waals surface area contributed by atoms with Crippen LogP contribution in [-0.2, 0) is 20.7 Å². The molecule has 6 nitrogen and oxygen atoms in total. The van der Waals surface area contributed by atoms with E-state index in [1.165, 1.54) is 32.1 Å². The highest BCUT2D eigenvalue weighted by Gasteiger charge is 2.71. The maximum absolute atomic E-state index is 13.4. The summed E-state index contributed by atoms with van der Waals surface area (Å²) in [6.07, 6.45) is 10.2. The first-order valence-corrected chi connectivity index (χ1v) is 13.8. The van der Waals surface area contributed by atoms with Crippen molar-refractivity contribution < 1.29 is 28.2 Å². The Bertz CT molecular complexity index is 1290. The Labute approximate surface area is 204 Å². The number of furan rings is 2. The Balaban J connectivity index is 0.960. The van der Waals surface area contributed by atoms with Crippen LogP contribution < -0.4 is 4.74 Å². The average molecular weight is 477 g/mol. The van der Waals surface area contributed by atoms with Crippen molar-refractivity contribution >= 4 is 23.1 Å². The second-order valence-corrected chi connectivity index (χ2v) is 13.6. The van der Waals surface area contributed by atoms with Gasteiger partial charge >= 0.3 is 11.9 Å². The molecule has 0 N–H and O–H groups in total. The molecule has 7 fully saturated rings. The highest BCUT2D eigenvalue weighted by molar-refractivity contribution is 6.11. The molecule has 0 amide bonds. The number of fused-ring (bicyclic) bond motifs is 2. The highest BCUT2D eigenvalue weighted by atomic mass is 16.6. The molecular formula is C29H32O6. The fourth-order valence-electron chi connectivity index (χ4n) is 10.7. The topological polar surface area (TPSA) is 75.0 Å². The second kappa shape index (κ2) is 6.07. The Morgan fingerprint density at radius 3 is 2.57 bits per heavy atom. The van der Waals surface area contributed by atoms with E-state index in [4.69, 9.17) is 18.6 Å². The Morgan fingerprint density at radius 2 is 1.80 bits per heavy atom. The molecule has 0 spiro atoms. The third kappa shape index (κ3) is 2.28. The van der Waals surface area contributed by atoms with Crippen molar-refractivity contribution in [3.8, 4) is 5.75 Å². The molecule has 8 aliphatic rings. The first kappa shape index (κ1) is 20.0. The minimum atomic E-state index is -0.454. The molecule has 35 heavy (non-hydrogen) atoms. The number of hydrogen-bond acceptors (Lipinski definition) is 6. The van der Waals surface area contributed by atoms with Crippen molar-refractivity contribution in [2.45, 2.75) is 89.9 Å². The molecule has 184 valence electrons. The van der Waals surface area contributed by atoms with Gasteiger partial charge in [0.25, 0.3) is 0 Å². The van der Waals surface area contributed by atoms with Crippen LogP contribution in [0.2, 0.25) is 0 Å². The molecule has 10 rings (SSSR count). The number of carbonyl (C=O) groups is 2. The van der Waals surface area contributed by atoms with Crippen LogP contribution in [0.3, 0.4) is 0 Å². The summed E-state index contributed by atoms with van der Waals surface area (Å²) in [5.74, 6) is 3.75. The number of ether oxygens (including phenoxy) is 3. The van der Waals surface area contributed by atoms with Gasteiger partial charge in [-0.2, -0.15) is 0 Å². The van der Waals surface area contributed by atoms with Gasteiger partial charge in [0.1, 0.15) is 28.8 Å². The lowest BCUT2D eigenvalue weighted by Crippen LogP contribution is -2.50. The van der Waals surface area contributed by atoms with Gasteiger partial charge in [-0.15, -0.1) is 0 Å². The van der Waals surface area contributed by atoms with Crippen LogP contribution in [0.1, 0.15) is 79.8 Å². The minimum absolute atomic E-state index is 0.00728. The average Bonchev–Trinajstić information content (AvgIpc) is 3.57. The standard InChI is InChI=1S/C29H32O6/c1-12-21-18(20-24(33-21)22(12)34-26(20)30)7-17-19-11-29(25(32-19)23(17)35-27(29)31)4-3-16-14-5-13-6-15(16)10-28(2,8-13)9-14/h13-17,19,23,25H,3-11H2,1-2H3/t13?,14?,15?,16?,17-,19?,23?,25?,28?,29?/m1/s1. The third-order valence-electron chi connectivity index (χ3n) is 11.7. The van der Waals surface area contributed by atoms with E-state index in [1.54, 1.807) is 0 Å². The lowest BCUT2D eigenvalue weighted by Gasteiger charge is -2.59. The van der Waals surface area contributed by atoms with E-state index in [-0.39, 0.29) is 36.2 Å². The lowest BCUT2D eigenvalue weighted by atomic mass is 9.46. The summed E-state index contributed by atoms with van der Waals surface area (Å²) in [4.78, 5) is 25.8. The fourth-order valence-corrected chi connectivity index (χ4v) is 10.7. The van der Waals surface area contributed by atoms with Gasteiger partial charge < -0.3 is 18.6 Å². The first-order chi connectivity index (χ1) is 16.8. The number of esters is 2. The lowest BCUT2D eigenvalue weighted by molar-refractivity contribution is -0.149. The Kier molecular flexibility index (Phi) is 3.47. The van der Waals surface area contributed by atoms with Crippen molar-refractivity contribution in [3.63, 3.8) is 0 Å². The van der Waals surface area contributed by atoms with E-state index in [0.717, 1.165) is 59.6 Å². The molecule has 2 aromatic heterocycles. The van der Waals surface area contributed by atoms with Gasteiger partial charge in [-0.05, 0) is 93.8 Å². The summed E-state index contributed by atoms with van der Waals surface area (Å²) in [6, 6.07) is 0. The van der Waals surface area contributed by atoms with Crippen LogP contribution in [0.15, 0.2) is 4.42 Å². The normalized spacial score (nSPS) is 48.1. The van der Waals surface area contributed by atoms with E-state index >= 15 is 0 Å². The van der Waals surface area contributed by atoms with Gasteiger partial charge in [0.2, 0.25) is 0 Å². The molecule has 8 bridgehead atoms. The fraction of sp³-hybridized carbons (Fsp3) is 0.724. The highest BCUT2D eigenvalue weighted by Crippen LogP contribution is 2.65. The van der Waals surface area contributed by atoms with E-state index in [1.807, 2.05) is 6.92 Å². The molecule has 2 aromatic rings. The molecule has 3 saturated heterocycles. The van der Waals surface area contributed by atoms with Gasteiger partial charge in [0.15, 0.2) is 11.3 Å².